The van der Waals surface area contributed by atoms with Crippen molar-refractivity contribution in [3.05, 3.63) is 17.9 Å². The van der Waals surface area contributed by atoms with Gasteiger partial charge in [0.2, 0.25) is 0 Å². The highest BCUT2D eigenvalue weighted by Gasteiger charge is 2.37. The summed E-state index contributed by atoms with van der Waals surface area (Å²) in [5.41, 5.74) is -1.05. The number of rotatable bonds is 4. The first-order valence-corrected chi connectivity index (χ1v) is 8.05. The van der Waals surface area contributed by atoms with Crippen molar-refractivity contribution < 1.29 is 23.8 Å². The largest absolute Gasteiger partial charge is 0.468 e. The van der Waals surface area contributed by atoms with Crippen LogP contribution in [0.1, 0.15) is 23.4 Å². The van der Waals surface area contributed by atoms with Gasteiger partial charge in [-0.25, -0.2) is 0 Å². The molecule has 3 heterocycles. The van der Waals surface area contributed by atoms with Gasteiger partial charge in [0.1, 0.15) is 5.60 Å². The Hall–Kier alpha value is -1.57. The van der Waals surface area contributed by atoms with Gasteiger partial charge in [0.25, 0.3) is 11.9 Å². The minimum absolute atomic E-state index is 0.215. The highest BCUT2D eigenvalue weighted by Crippen LogP contribution is 2.21. The molecular formula is C16H24N2O5. The van der Waals surface area contributed by atoms with Crippen molar-refractivity contribution in [3.8, 4) is 5.95 Å². The summed E-state index contributed by atoms with van der Waals surface area (Å²) >= 11 is 0. The van der Waals surface area contributed by atoms with E-state index in [0.29, 0.717) is 25.6 Å². The summed E-state index contributed by atoms with van der Waals surface area (Å²) in [7, 11) is 1.49. The predicted molar refractivity (Wildman–Crippen MR) is 82.6 cm³/mol. The highest BCUT2D eigenvalue weighted by atomic mass is 16.6. The molecule has 3 rings (SSSR count). The topological polar surface area (TPSA) is 75.4 Å². The van der Waals surface area contributed by atoms with E-state index in [4.69, 9.17) is 13.9 Å². The summed E-state index contributed by atoms with van der Waals surface area (Å²) in [5, 5.41) is 10.9. The van der Waals surface area contributed by atoms with Crippen molar-refractivity contribution in [1.29, 1.82) is 0 Å². The number of carbonyl (C=O) groups excluding carboxylic acids is 1. The number of amides is 1. The highest BCUT2D eigenvalue weighted by molar-refractivity contribution is 5.91. The second kappa shape index (κ2) is 6.90. The van der Waals surface area contributed by atoms with Crippen LogP contribution in [0.2, 0.25) is 0 Å². The normalized spacial score (nSPS) is 26.3. The van der Waals surface area contributed by atoms with Gasteiger partial charge in [0.05, 0.1) is 26.9 Å². The average Bonchev–Trinajstić information content (AvgIpc) is 3.17. The van der Waals surface area contributed by atoms with Crippen LogP contribution in [0.25, 0.3) is 0 Å². The van der Waals surface area contributed by atoms with Gasteiger partial charge in [0.15, 0.2) is 5.76 Å². The summed E-state index contributed by atoms with van der Waals surface area (Å²) in [6.45, 7) is 3.84. The molecule has 0 saturated carbocycles. The molecule has 0 spiro atoms. The molecule has 7 heteroatoms. The summed E-state index contributed by atoms with van der Waals surface area (Å²) in [6.07, 6.45) is 2.32. The predicted octanol–water partition coefficient (Wildman–Crippen LogP) is 0.587. The Morgan fingerprint density at radius 3 is 2.83 bits per heavy atom. The number of likely N-dealkylation sites (tertiary alicyclic amines) is 1. The fraction of sp³-hybridized carbons (Fsp3) is 0.688. The Balaban J connectivity index is 1.69. The van der Waals surface area contributed by atoms with Crippen LogP contribution in [0.4, 0.5) is 0 Å². The zero-order chi connectivity index (χ0) is 16.3. The van der Waals surface area contributed by atoms with Crippen LogP contribution in [0.5, 0.6) is 5.95 Å². The number of nitrogens with zero attached hydrogens (tertiary/aromatic N) is 2. The molecule has 1 aromatic rings. The number of hydrogen-bond acceptors (Lipinski definition) is 6. The molecule has 2 aliphatic rings. The van der Waals surface area contributed by atoms with E-state index < -0.39 is 5.60 Å². The van der Waals surface area contributed by atoms with Crippen molar-refractivity contribution in [2.75, 3.05) is 53.0 Å². The molecule has 2 saturated heterocycles. The van der Waals surface area contributed by atoms with E-state index in [-0.39, 0.29) is 24.8 Å². The molecule has 7 nitrogen and oxygen atoms in total. The second-order valence-corrected chi connectivity index (χ2v) is 6.31. The van der Waals surface area contributed by atoms with Crippen LogP contribution in [0.15, 0.2) is 16.5 Å². The van der Waals surface area contributed by atoms with Gasteiger partial charge in [-0.15, -0.1) is 0 Å². The zero-order valence-corrected chi connectivity index (χ0v) is 13.5. The number of β-amino-alcohol motifs (C(OH)–C–C–N with tert-alkyl or cyclic N) is 1. The number of ether oxygens (including phenoxy) is 2. The van der Waals surface area contributed by atoms with Gasteiger partial charge in [-0.2, -0.15) is 0 Å². The SMILES string of the molecule is COc1ccc(C(=O)N2CCOC[C@@](O)(CN3CCCC3)C2)o1. The molecule has 2 fully saturated rings. The lowest BCUT2D eigenvalue weighted by Gasteiger charge is -2.33. The molecule has 23 heavy (non-hydrogen) atoms. The van der Waals surface area contributed by atoms with Crippen molar-refractivity contribution in [1.82, 2.24) is 9.80 Å². The zero-order valence-electron chi connectivity index (χ0n) is 13.5. The van der Waals surface area contributed by atoms with Crippen molar-refractivity contribution in [2.45, 2.75) is 18.4 Å². The van der Waals surface area contributed by atoms with Crippen LogP contribution < -0.4 is 4.74 Å². The van der Waals surface area contributed by atoms with Gasteiger partial charge in [-0.3, -0.25) is 4.79 Å². The number of hydrogen-bond donors (Lipinski definition) is 1. The smallest absolute Gasteiger partial charge is 0.289 e. The molecule has 0 radical (unpaired) electrons. The van der Waals surface area contributed by atoms with Crippen molar-refractivity contribution >= 4 is 5.91 Å². The van der Waals surface area contributed by atoms with E-state index in [9.17, 15) is 9.90 Å². The van der Waals surface area contributed by atoms with Crippen molar-refractivity contribution in [3.63, 3.8) is 0 Å². The van der Waals surface area contributed by atoms with Crippen LogP contribution in [-0.4, -0.2) is 79.5 Å². The first kappa shape index (κ1) is 16.3. The third-order valence-electron chi connectivity index (χ3n) is 4.36. The summed E-state index contributed by atoms with van der Waals surface area (Å²) in [6, 6.07) is 3.20. The van der Waals surface area contributed by atoms with Gasteiger partial charge in [-0.1, -0.05) is 0 Å². The maximum absolute atomic E-state index is 12.6. The van der Waals surface area contributed by atoms with Gasteiger partial charge >= 0.3 is 0 Å². The van der Waals surface area contributed by atoms with E-state index in [0.717, 1.165) is 25.9 Å². The maximum Gasteiger partial charge on any atom is 0.289 e. The molecule has 128 valence electrons. The molecule has 1 N–H and O–H groups in total. The molecule has 2 aliphatic heterocycles. The fourth-order valence-corrected chi connectivity index (χ4v) is 3.24. The monoisotopic (exact) mass is 324 g/mol. The Bertz CT molecular complexity index is 540. The molecule has 0 aromatic carbocycles. The third-order valence-corrected chi connectivity index (χ3v) is 4.36. The van der Waals surface area contributed by atoms with Gasteiger partial charge in [-0.05, 0) is 32.0 Å². The first-order valence-electron chi connectivity index (χ1n) is 8.05. The molecule has 1 amide bonds. The fourth-order valence-electron chi connectivity index (χ4n) is 3.24. The number of aliphatic hydroxyl groups is 1. The summed E-state index contributed by atoms with van der Waals surface area (Å²) in [4.78, 5) is 16.4. The minimum Gasteiger partial charge on any atom is -0.468 e. The lowest BCUT2D eigenvalue weighted by molar-refractivity contribution is -0.0525. The third kappa shape index (κ3) is 3.85. The summed E-state index contributed by atoms with van der Waals surface area (Å²) in [5.74, 6) is 0.262. The number of furan rings is 1. The van der Waals surface area contributed by atoms with E-state index in [1.807, 2.05) is 0 Å². The molecular weight excluding hydrogens is 300 g/mol. The number of methoxy groups -OCH3 is 1. The van der Waals surface area contributed by atoms with E-state index in [1.165, 1.54) is 7.11 Å². The number of carbonyl (C=O) groups is 1. The first-order chi connectivity index (χ1) is 11.1. The average molecular weight is 324 g/mol. The molecule has 0 unspecified atom stereocenters. The molecule has 0 aliphatic carbocycles. The maximum atomic E-state index is 12.6. The second-order valence-electron chi connectivity index (χ2n) is 6.31. The lowest BCUT2D eigenvalue weighted by atomic mass is 10.0. The summed E-state index contributed by atoms with van der Waals surface area (Å²) < 4.78 is 15.8. The molecule has 0 bridgehead atoms. The van der Waals surface area contributed by atoms with E-state index in [2.05, 4.69) is 4.90 Å². The lowest BCUT2D eigenvalue weighted by Crippen LogP contribution is -2.52. The van der Waals surface area contributed by atoms with Crippen LogP contribution in [-0.2, 0) is 4.74 Å². The van der Waals surface area contributed by atoms with Crippen LogP contribution >= 0.6 is 0 Å². The Kier molecular flexibility index (Phi) is 4.89. The Morgan fingerprint density at radius 2 is 2.13 bits per heavy atom. The standard InChI is InChI=1S/C16H24N2O5/c1-21-14-5-4-13(23-14)15(19)18-8-9-22-12-16(20,11-18)10-17-6-2-3-7-17/h4-5,20H,2-3,6-12H2,1H3/t16-/m1/s1. The minimum atomic E-state index is -1.05. The molecule has 1 aromatic heterocycles. The van der Waals surface area contributed by atoms with Crippen LogP contribution in [0.3, 0.4) is 0 Å². The Morgan fingerprint density at radius 1 is 1.35 bits per heavy atom. The Labute approximate surface area is 135 Å². The molecule has 1 atom stereocenters. The van der Waals surface area contributed by atoms with Crippen molar-refractivity contribution in [2.24, 2.45) is 0 Å². The van der Waals surface area contributed by atoms with Gasteiger partial charge in [0, 0.05) is 19.2 Å². The van der Waals surface area contributed by atoms with E-state index >= 15 is 0 Å². The van der Waals surface area contributed by atoms with Crippen LogP contribution in [0, 0.1) is 0 Å². The van der Waals surface area contributed by atoms with E-state index in [1.54, 1.807) is 17.0 Å². The van der Waals surface area contributed by atoms with Gasteiger partial charge < -0.3 is 28.8 Å². The quantitative estimate of drug-likeness (QED) is 0.873.